The van der Waals surface area contributed by atoms with Crippen molar-refractivity contribution in [3.63, 3.8) is 0 Å². The maximum absolute atomic E-state index is 13.8. The van der Waals surface area contributed by atoms with Crippen molar-refractivity contribution in [3.8, 4) is 0 Å². The average molecular weight is 224 g/mol. The zero-order valence-corrected chi connectivity index (χ0v) is 9.46. The summed E-state index contributed by atoms with van der Waals surface area (Å²) in [6.45, 7) is 0. The average Bonchev–Trinajstić information content (AvgIpc) is 2.43. The topological polar surface area (TPSA) is 0 Å². The lowest BCUT2D eigenvalue weighted by atomic mass is 9.89. The van der Waals surface area contributed by atoms with Gasteiger partial charge in [0, 0.05) is 12.3 Å². The second-order valence-corrected chi connectivity index (χ2v) is 4.75. The summed E-state index contributed by atoms with van der Waals surface area (Å²) < 4.78 is 27.6. The van der Waals surface area contributed by atoms with Gasteiger partial charge in [0.25, 0.3) is 5.92 Å². The normalized spacial score (nSPS) is 25.0. The first-order valence-electron chi connectivity index (χ1n) is 6.10. The minimum Gasteiger partial charge on any atom is -0.207 e. The van der Waals surface area contributed by atoms with E-state index in [0.717, 1.165) is 18.4 Å². The molecule has 1 aliphatic carbocycles. The highest BCUT2D eigenvalue weighted by molar-refractivity contribution is 5.15. The Morgan fingerprint density at radius 1 is 1.06 bits per heavy atom. The van der Waals surface area contributed by atoms with Crippen LogP contribution in [0, 0.1) is 5.92 Å². The Hall–Kier alpha value is -0.920. The molecule has 0 amide bonds. The van der Waals surface area contributed by atoms with Crippen molar-refractivity contribution < 1.29 is 8.78 Å². The summed E-state index contributed by atoms with van der Waals surface area (Å²) in [6, 6.07) is 9.66. The fraction of sp³-hybridized carbons (Fsp3) is 0.571. The van der Waals surface area contributed by atoms with E-state index in [4.69, 9.17) is 0 Å². The van der Waals surface area contributed by atoms with Crippen LogP contribution < -0.4 is 0 Å². The zero-order chi connectivity index (χ0) is 11.4. The Morgan fingerprint density at radius 2 is 1.81 bits per heavy atom. The fourth-order valence-electron chi connectivity index (χ4n) is 2.49. The lowest BCUT2D eigenvalue weighted by Crippen LogP contribution is -2.28. The number of halogens is 2. The van der Waals surface area contributed by atoms with Gasteiger partial charge in [0.1, 0.15) is 0 Å². The first-order valence-corrected chi connectivity index (χ1v) is 6.10. The van der Waals surface area contributed by atoms with Gasteiger partial charge in [-0.05, 0) is 24.8 Å². The summed E-state index contributed by atoms with van der Waals surface area (Å²) in [5, 5.41) is 0. The van der Waals surface area contributed by atoms with Gasteiger partial charge in [0.15, 0.2) is 0 Å². The van der Waals surface area contributed by atoms with Crippen LogP contribution in [0.4, 0.5) is 8.78 Å². The summed E-state index contributed by atoms with van der Waals surface area (Å²) in [5.74, 6) is -2.93. The summed E-state index contributed by atoms with van der Waals surface area (Å²) in [7, 11) is 0. The third-order valence-corrected chi connectivity index (χ3v) is 3.48. The van der Waals surface area contributed by atoms with Crippen molar-refractivity contribution in [3.05, 3.63) is 35.9 Å². The van der Waals surface area contributed by atoms with Crippen LogP contribution in [0.15, 0.2) is 30.3 Å². The molecule has 0 bridgehead atoms. The van der Waals surface area contributed by atoms with Crippen molar-refractivity contribution in [2.75, 3.05) is 0 Å². The molecule has 2 rings (SSSR count). The molecular formula is C14H18F2. The first kappa shape index (κ1) is 11.6. The van der Waals surface area contributed by atoms with E-state index in [9.17, 15) is 8.78 Å². The van der Waals surface area contributed by atoms with Crippen LogP contribution in [0.5, 0.6) is 0 Å². The third-order valence-electron chi connectivity index (χ3n) is 3.48. The molecule has 1 aromatic rings. The van der Waals surface area contributed by atoms with Gasteiger partial charge in [-0.25, -0.2) is 8.78 Å². The molecule has 16 heavy (non-hydrogen) atoms. The number of alkyl halides is 2. The van der Waals surface area contributed by atoms with E-state index >= 15 is 0 Å². The summed E-state index contributed by atoms with van der Waals surface area (Å²) >= 11 is 0. The van der Waals surface area contributed by atoms with Gasteiger partial charge >= 0.3 is 0 Å². The van der Waals surface area contributed by atoms with Gasteiger partial charge in [-0.1, -0.05) is 43.2 Å². The molecule has 1 atom stereocenters. The van der Waals surface area contributed by atoms with Gasteiger partial charge in [-0.3, -0.25) is 0 Å². The standard InChI is InChI=1S/C14H18F2/c15-14(16)10-6-2-5-9-13(14)11-12-7-3-1-4-8-12/h1,3-4,7-8,13H,2,5-6,9-11H2. The monoisotopic (exact) mass is 224 g/mol. The molecule has 1 fully saturated rings. The SMILES string of the molecule is FC1(F)CCCCCC1Cc1ccccc1. The lowest BCUT2D eigenvalue weighted by Gasteiger charge is -2.24. The Morgan fingerprint density at radius 3 is 2.56 bits per heavy atom. The minimum absolute atomic E-state index is 0.0739. The Bertz CT molecular complexity index is 319. The van der Waals surface area contributed by atoms with Crippen LogP contribution in [-0.4, -0.2) is 5.92 Å². The highest BCUT2D eigenvalue weighted by Crippen LogP contribution is 2.38. The summed E-state index contributed by atoms with van der Waals surface area (Å²) in [6.07, 6.45) is 3.85. The third kappa shape index (κ3) is 2.81. The quantitative estimate of drug-likeness (QED) is 0.651. The second-order valence-electron chi connectivity index (χ2n) is 4.75. The molecule has 1 unspecified atom stereocenters. The smallest absolute Gasteiger partial charge is 0.207 e. The molecule has 0 spiro atoms. The maximum Gasteiger partial charge on any atom is 0.251 e. The molecule has 88 valence electrons. The molecule has 0 radical (unpaired) electrons. The second kappa shape index (κ2) is 4.94. The largest absolute Gasteiger partial charge is 0.251 e. The van der Waals surface area contributed by atoms with E-state index in [1.165, 1.54) is 0 Å². The van der Waals surface area contributed by atoms with Crippen LogP contribution in [0.25, 0.3) is 0 Å². The van der Waals surface area contributed by atoms with Crippen molar-refractivity contribution in [1.82, 2.24) is 0 Å². The highest BCUT2D eigenvalue weighted by Gasteiger charge is 2.39. The van der Waals surface area contributed by atoms with Crippen LogP contribution in [0.2, 0.25) is 0 Å². The molecule has 1 saturated carbocycles. The molecular weight excluding hydrogens is 206 g/mol. The van der Waals surface area contributed by atoms with E-state index in [1.807, 2.05) is 30.3 Å². The Balaban J connectivity index is 2.07. The number of rotatable bonds is 2. The zero-order valence-electron chi connectivity index (χ0n) is 9.46. The van der Waals surface area contributed by atoms with Crippen LogP contribution >= 0.6 is 0 Å². The Labute approximate surface area is 95.7 Å². The predicted octanol–water partition coefficient (Wildman–Crippen LogP) is 4.44. The number of benzene rings is 1. The molecule has 0 nitrogen and oxygen atoms in total. The van der Waals surface area contributed by atoms with Gasteiger partial charge in [-0.2, -0.15) is 0 Å². The van der Waals surface area contributed by atoms with Crippen molar-refractivity contribution >= 4 is 0 Å². The van der Waals surface area contributed by atoms with Gasteiger partial charge in [0.05, 0.1) is 0 Å². The fourth-order valence-corrected chi connectivity index (χ4v) is 2.49. The molecule has 0 saturated heterocycles. The minimum atomic E-state index is -2.47. The van der Waals surface area contributed by atoms with E-state index in [0.29, 0.717) is 19.3 Å². The molecule has 1 aliphatic rings. The molecule has 0 N–H and O–H groups in total. The van der Waals surface area contributed by atoms with Crippen molar-refractivity contribution in [2.45, 2.75) is 44.4 Å². The van der Waals surface area contributed by atoms with Crippen LogP contribution in [0.1, 0.15) is 37.7 Å². The highest BCUT2D eigenvalue weighted by atomic mass is 19.3. The van der Waals surface area contributed by atoms with Crippen molar-refractivity contribution in [1.29, 1.82) is 0 Å². The van der Waals surface area contributed by atoms with Gasteiger partial charge in [-0.15, -0.1) is 0 Å². The van der Waals surface area contributed by atoms with E-state index < -0.39 is 11.8 Å². The van der Waals surface area contributed by atoms with Crippen molar-refractivity contribution in [2.24, 2.45) is 5.92 Å². The van der Waals surface area contributed by atoms with E-state index in [1.54, 1.807) is 0 Å². The number of hydrogen-bond acceptors (Lipinski definition) is 0. The summed E-state index contributed by atoms with van der Waals surface area (Å²) in [4.78, 5) is 0. The Kier molecular flexibility index (Phi) is 3.57. The van der Waals surface area contributed by atoms with E-state index in [2.05, 4.69) is 0 Å². The molecule has 0 aliphatic heterocycles. The van der Waals surface area contributed by atoms with Gasteiger partial charge in [0.2, 0.25) is 0 Å². The first-order chi connectivity index (χ1) is 7.68. The molecule has 2 heteroatoms. The van der Waals surface area contributed by atoms with Crippen LogP contribution in [0.3, 0.4) is 0 Å². The van der Waals surface area contributed by atoms with Gasteiger partial charge < -0.3 is 0 Å². The molecule has 1 aromatic carbocycles. The number of hydrogen-bond donors (Lipinski definition) is 0. The van der Waals surface area contributed by atoms with E-state index in [-0.39, 0.29) is 6.42 Å². The molecule has 0 aromatic heterocycles. The lowest BCUT2D eigenvalue weighted by molar-refractivity contribution is -0.0632. The maximum atomic E-state index is 13.8. The van der Waals surface area contributed by atoms with Crippen LogP contribution in [-0.2, 0) is 6.42 Å². The molecule has 0 heterocycles. The summed E-state index contributed by atoms with van der Waals surface area (Å²) in [5.41, 5.74) is 1.04. The predicted molar refractivity (Wildman–Crippen MR) is 61.7 cm³/mol.